The fourth-order valence-electron chi connectivity index (χ4n) is 3.71. The predicted octanol–water partition coefficient (Wildman–Crippen LogP) is 3.98. The molecule has 1 saturated heterocycles. The first-order valence-corrected chi connectivity index (χ1v) is 11.0. The molecule has 1 heterocycles. The standard InChI is InChI=1S/C26H33N3O2/c1-31-25-15-7-6-14-24(25)29-21-19-28(20-22-29)18-10-9-17-27-26(30)16-8-5-13-23-11-3-2-4-12-23/h2-8,11-16H,9-10,17-22H2,1H3,(H,27,30)/b13-5+,16-8+. The molecule has 2 aromatic rings. The molecule has 0 aromatic heterocycles. The van der Waals surface area contributed by atoms with Gasteiger partial charge >= 0.3 is 0 Å². The molecule has 1 aliphatic rings. The Morgan fingerprint density at radius 1 is 0.968 bits per heavy atom. The van der Waals surface area contributed by atoms with Crippen molar-refractivity contribution in [3.05, 3.63) is 78.4 Å². The summed E-state index contributed by atoms with van der Waals surface area (Å²) in [4.78, 5) is 16.8. The summed E-state index contributed by atoms with van der Waals surface area (Å²) in [5, 5.41) is 2.96. The number of anilines is 1. The van der Waals surface area contributed by atoms with Gasteiger partial charge in [0.1, 0.15) is 5.75 Å². The Balaban J connectivity index is 1.26. The van der Waals surface area contributed by atoms with Gasteiger partial charge in [-0.25, -0.2) is 0 Å². The van der Waals surface area contributed by atoms with Gasteiger partial charge in [-0.15, -0.1) is 0 Å². The Hall–Kier alpha value is -3.05. The van der Waals surface area contributed by atoms with Gasteiger partial charge in [0, 0.05) is 38.8 Å². The molecule has 3 rings (SSSR count). The van der Waals surface area contributed by atoms with E-state index in [4.69, 9.17) is 4.74 Å². The highest BCUT2D eigenvalue weighted by atomic mass is 16.5. The van der Waals surface area contributed by atoms with Crippen molar-refractivity contribution in [1.82, 2.24) is 10.2 Å². The average molecular weight is 420 g/mol. The highest BCUT2D eigenvalue weighted by Gasteiger charge is 2.18. The molecule has 5 nitrogen and oxygen atoms in total. The zero-order valence-corrected chi connectivity index (χ0v) is 18.4. The van der Waals surface area contributed by atoms with Crippen LogP contribution in [0.25, 0.3) is 6.08 Å². The number of para-hydroxylation sites is 2. The second-order valence-electron chi connectivity index (χ2n) is 7.63. The molecule has 0 saturated carbocycles. The van der Waals surface area contributed by atoms with Crippen LogP contribution in [0.5, 0.6) is 5.75 Å². The lowest BCUT2D eigenvalue weighted by Gasteiger charge is -2.36. The van der Waals surface area contributed by atoms with Gasteiger partial charge in [0.25, 0.3) is 0 Å². The van der Waals surface area contributed by atoms with E-state index in [0.29, 0.717) is 6.54 Å². The number of nitrogens with one attached hydrogen (secondary N) is 1. The van der Waals surface area contributed by atoms with Crippen LogP contribution in [0.1, 0.15) is 18.4 Å². The van der Waals surface area contributed by atoms with Crippen LogP contribution in [0.15, 0.2) is 72.8 Å². The lowest BCUT2D eigenvalue weighted by atomic mass is 10.2. The van der Waals surface area contributed by atoms with E-state index in [9.17, 15) is 4.79 Å². The largest absolute Gasteiger partial charge is 0.495 e. The Labute approximate surface area is 186 Å². The minimum Gasteiger partial charge on any atom is -0.495 e. The minimum absolute atomic E-state index is 0.0388. The van der Waals surface area contributed by atoms with Crippen molar-refractivity contribution < 1.29 is 9.53 Å². The number of carbonyl (C=O) groups is 1. The van der Waals surface area contributed by atoms with Crippen LogP contribution in [-0.2, 0) is 4.79 Å². The quantitative estimate of drug-likeness (QED) is 0.359. The van der Waals surface area contributed by atoms with Gasteiger partial charge < -0.3 is 15.0 Å². The van der Waals surface area contributed by atoms with Crippen LogP contribution in [0, 0.1) is 0 Å². The Morgan fingerprint density at radius 3 is 2.48 bits per heavy atom. The molecule has 0 radical (unpaired) electrons. The molecular weight excluding hydrogens is 386 g/mol. The number of hydrogen-bond donors (Lipinski definition) is 1. The number of benzene rings is 2. The van der Waals surface area contributed by atoms with Gasteiger partial charge in [0.2, 0.25) is 5.91 Å². The maximum atomic E-state index is 11.9. The number of methoxy groups -OCH3 is 1. The number of allylic oxidation sites excluding steroid dienone is 2. The number of amides is 1. The van der Waals surface area contributed by atoms with Crippen molar-refractivity contribution in [2.24, 2.45) is 0 Å². The summed E-state index contributed by atoms with van der Waals surface area (Å²) in [5.74, 6) is 0.902. The molecule has 1 fully saturated rings. The van der Waals surface area contributed by atoms with E-state index < -0.39 is 0 Å². The first kappa shape index (κ1) is 22.6. The lowest BCUT2D eigenvalue weighted by Crippen LogP contribution is -2.46. The van der Waals surface area contributed by atoms with Crippen molar-refractivity contribution in [3.8, 4) is 5.75 Å². The van der Waals surface area contributed by atoms with E-state index in [1.165, 1.54) is 5.69 Å². The zero-order valence-electron chi connectivity index (χ0n) is 18.4. The van der Waals surface area contributed by atoms with Crippen molar-refractivity contribution in [3.63, 3.8) is 0 Å². The molecule has 1 amide bonds. The molecule has 5 heteroatoms. The SMILES string of the molecule is COc1ccccc1N1CCN(CCCCNC(=O)/C=C/C=C/c2ccccc2)CC1. The van der Waals surface area contributed by atoms with Gasteiger partial charge in [-0.05, 0) is 37.1 Å². The summed E-state index contributed by atoms with van der Waals surface area (Å²) >= 11 is 0. The summed E-state index contributed by atoms with van der Waals surface area (Å²) in [6.45, 7) is 5.93. The number of nitrogens with zero attached hydrogens (tertiary/aromatic N) is 2. The van der Waals surface area contributed by atoms with Crippen molar-refractivity contribution in [2.75, 3.05) is 51.3 Å². The van der Waals surface area contributed by atoms with Gasteiger partial charge in [-0.1, -0.05) is 60.7 Å². The van der Waals surface area contributed by atoms with E-state index >= 15 is 0 Å². The first-order chi connectivity index (χ1) is 15.3. The third-order valence-electron chi connectivity index (χ3n) is 5.45. The zero-order chi connectivity index (χ0) is 21.7. The lowest BCUT2D eigenvalue weighted by molar-refractivity contribution is -0.116. The molecule has 0 atom stereocenters. The molecular formula is C26H33N3O2. The van der Waals surface area contributed by atoms with E-state index in [1.54, 1.807) is 19.3 Å². The molecule has 164 valence electrons. The Kier molecular flexibility index (Phi) is 9.20. The normalized spacial score (nSPS) is 14.9. The summed E-state index contributed by atoms with van der Waals surface area (Å²) in [6.07, 6.45) is 9.32. The van der Waals surface area contributed by atoms with Gasteiger partial charge in [0.05, 0.1) is 12.8 Å². The van der Waals surface area contributed by atoms with Crippen LogP contribution in [0.3, 0.4) is 0 Å². The first-order valence-electron chi connectivity index (χ1n) is 11.0. The van der Waals surface area contributed by atoms with Crippen molar-refractivity contribution in [1.29, 1.82) is 0 Å². The number of piperazine rings is 1. The van der Waals surface area contributed by atoms with E-state index in [1.807, 2.05) is 54.6 Å². The highest BCUT2D eigenvalue weighted by molar-refractivity contribution is 5.87. The molecule has 0 spiro atoms. The molecule has 0 bridgehead atoms. The molecule has 1 aliphatic heterocycles. The fourth-order valence-corrected chi connectivity index (χ4v) is 3.71. The maximum Gasteiger partial charge on any atom is 0.243 e. The van der Waals surface area contributed by atoms with Crippen LogP contribution >= 0.6 is 0 Å². The molecule has 1 N–H and O–H groups in total. The van der Waals surface area contributed by atoms with Crippen molar-refractivity contribution in [2.45, 2.75) is 12.8 Å². The Morgan fingerprint density at radius 2 is 1.71 bits per heavy atom. The fraction of sp³-hybridized carbons (Fsp3) is 0.346. The second-order valence-corrected chi connectivity index (χ2v) is 7.63. The monoisotopic (exact) mass is 419 g/mol. The average Bonchev–Trinajstić information content (AvgIpc) is 2.82. The van der Waals surface area contributed by atoms with Crippen LogP contribution in [-0.4, -0.2) is 57.2 Å². The highest BCUT2D eigenvalue weighted by Crippen LogP contribution is 2.28. The van der Waals surface area contributed by atoms with E-state index in [0.717, 1.165) is 56.9 Å². The van der Waals surface area contributed by atoms with Crippen LogP contribution in [0.4, 0.5) is 5.69 Å². The summed E-state index contributed by atoms with van der Waals surface area (Å²) < 4.78 is 5.49. The predicted molar refractivity (Wildman–Crippen MR) is 129 cm³/mol. The number of hydrogen-bond acceptors (Lipinski definition) is 4. The number of rotatable bonds is 10. The third kappa shape index (κ3) is 7.61. The number of ether oxygens (including phenoxy) is 1. The minimum atomic E-state index is -0.0388. The molecule has 0 unspecified atom stereocenters. The van der Waals surface area contributed by atoms with Crippen molar-refractivity contribution >= 4 is 17.7 Å². The molecule has 2 aromatic carbocycles. The smallest absolute Gasteiger partial charge is 0.243 e. The summed E-state index contributed by atoms with van der Waals surface area (Å²) in [5.41, 5.74) is 2.30. The van der Waals surface area contributed by atoms with Crippen LogP contribution in [0.2, 0.25) is 0 Å². The number of carbonyl (C=O) groups excluding carboxylic acids is 1. The van der Waals surface area contributed by atoms with Crippen LogP contribution < -0.4 is 15.0 Å². The second kappa shape index (κ2) is 12.6. The van der Waals surface area contributed by atoms with E-state index in [2.05, 4.69) is 27.2 Å². The third-order valence-corrected chi connectivity index (χ3v) is 5.45. The van der Waals surface area contributed by atoms with Gasteiger partial charge in [0.15, 0.2) is 0 Å². The van der Waals surface area contributed by atoms with Gasteiger partial charge in [-0.2, -0.15) is 0 Å². The topological polar surface area (TPSA) is 44.8 Å². The number of unbranched alkanes of at least 4 members (excludes halogenated alkanes) is 1. The molecule has 0 aliphatic carbocycles. The molecule has 31 heavy (non-hydrogen) atoms. The summed E-state index contributed by atoms with van der Waals surface area (Å²) in [7, 11) is 1.73. The van der Waals surface area contributed by atoms with E-state index in [-0.39, 0.29) is 5.91 Å². The van der Waals surface area contributed by atoms with Gasteiger partial charge in [-0.3, -0.25) is 9.69 Å². The Bertz CT molecular complexity index is 856. The summed E-state index contributed by atoms with van der Waals surface area (Å²) in [6, 6.07) is 18.3. The maximum absolute atomic E-state index is 11.9.